The number of aromatic nitrogens is 1. The first-order valence-corrected chi connectivity index (χ1v) is 5.75. The Morgan fingerprint density at radius 3 is 2.44 bits per heavy atom. The highest BCUT2D eigenvalue weighted by Gasteiger charge is 2.16. The molecule has 1 aromatic carbocycles. The number of nitrogens with zero attached hydrogens (tertiary/aromatic N) is 1. The third-order valence-corrected chi connectivity index (χ3v) is 2.86. The summed E-state index contributed by atoms with van der Waals surface area (Å²) in [6.45, 7) is 4.01. The molecule has 0 fully saturated rings. The van der Waals surface area contributed by atoms with Gasteiger partial charge in [0.05, 0.1) is 12.2 Å². The SMILES string of the molecule is Cc1cc(C)cc(C(NN)c2ccncc2F)c1. The van der Waals surface area contributed by atoms with Crippen molar-refractivity contribution in [1.29, 1.82) is 0 Å². The zero-order valence-corrected chi connectivity index (χ0v) is 10.4. The lowest BCUT2D eigenvalue weighted by Gasteiger charge is -2.18. The molecule has 1 aromatic heterocycles. The van der Waals surface area contributed by atoms with E-state index in [2.05, 4.69) is 16.5 Å². The minimum atomic E-state index is -0.369. The molecule has 0 aliphatic heterocycles. The van der Waals surface area contributed by atoms with Crippen molar-refractivity contribution in [2.24, 2.45) is 5.84 Å². The maximum atomic E-state index is 13.8. The zero-order chi connectivity index (χ0) is 13.1. The van der Waals surface area contributed by atoms with Gasteiger partial charge in [-0.3, -0.25) is 10.8 Å². The Balaban J connectivity index is 2.48. The molecule has 1 atom stereocenters. The minimum Gasteiger partial charge on any atom is -0.271 e. The van der Waals surface area contributed by atoms with E-state index in [1.54, 1.807) is 12.3 Å². The molecule has 0 bridgehead atoms. The van der Waals surface area contributed by atoms with Gasteiger partial charge in [0.2, 0.25) is 0 Å². The van der Waals surface area contributed by atoms with Crippen LogP contribution >= 0.6 is 0 Å². The maximum Gasteiger partial charge on any atom is 0.146 e. The van der Waals surface area contributed by atoms with Crippen molar-refractivity contribution in [3.63, 3.8) is 0 Å². The molecule has 18 heavy (non-hydrogen) atoms. The summed E-state index contributed by atoms with van der Waals surface area (Å²) in [4.78, 5) is 3.75. The topological polar surface area (TPSA) is 50.9 Å². The van der Waals surface area contributed by atoms with Crippen LogP contribution in [-0.4, -0.2) is 4.98 Å². The maximum absolute atomic E-state index is 13.8. The Morgan fingerprint density at radius 2 is 1.89 bits per heavy atom. The lowest BCUT2D eigenvalue weighted by atomic mass is 9.96. The quantitative estimate of drug-likeness (QED) is 0.645. The first-order valence-electron chi connectivity index (χ1n) is 5.75. The summed E-state index contributed by atoms with van der Waals surface area (Å²) in [5.74, 6) is 5.21. The molecule has 1 unspecified atom stereocenters. The second-order valence-corrected chi connectivity index (χ2v) is 4.42. The molecular weight excluding hydrogens is 229 g/mol. The molecule has 0 radical (unpaired) electrons. The molecule has 0 saturated carbocycles. The van der Waals surface area contributed by atoms with Gasteiger partial charge in [-0.1, -0.05) is 29.3 Å². The monoisotopic (exact) mass is 245 g/mol. The summed E-state index contributed by atoms with van der Waals surface area (Å²) >= 11 is 0. The third-order valence-electron chi connectivity index (χ3n) is 2.86. The number of hydrogen-bond acceptors (Lipinski definition) is 3. The number of hydrazine groups is 1. The van der Waals surface area contributed by atoms with E-state index in [0.717, 1.165) is 16.7 Å². The van der Waals surface area contributed by atoms with Crippen molar-refractivity contribution in [1.82, 2.24) is 10.4 Å². The minimum absolute atomic E-state index is 0.361. The van der Waals surface area contributed by atoms with Crippen LogP contribution in [0.15, 0.2) is 36.7 Å². The molecule has 0 aliphatic carbocycles. The molecule has 2 aromatic rings. The van der Waals surface area contributed by atoms with Crippen LogP contribution in [0.4, 0.5) is 4.39 Å². The summed E-state index contributed by atoms with van der Waals surface area (Å²) in [6, 6.07) is 7.33. The normalized spacial score (nSPS) is 12.4. The standard InChI is InChI=1S/C14H16FN3/c1-9-5-10(2)7-11(6-9)14(18-16)12-3-4-17-8-13(12)15/h3-8,14,18H,16H2,1-2H3. The van der Waals surface area contributed by atoms with E-state index in [9.17, 15) is 4.39 Å². The van der Waals surface area contributed by atoms with Gasteiger partial charge in [0.15, 0.2) is 0 Å². The smallest absolute Gasteiger partial charge is 0.146 e. The molecule has 0 spiro atoms. The highest BCUT2D eigenvalue weighted by molar-refractivity contribution is 5.36. The van der Waals surface area contributed by atoms with E-state index in [0.29, 0.717) is 5.56 Å². The fraction of sp³-hybridized carbons (Fsp3) is 0.214. The van der Waals surface area contributed by atoms with Crippen LogP contribution in [0.5, 0.6) is 0 Å². The molecule has 1 heterocycles. The number of aryl methyl sites for hydroxylation is 2. The van der Waals surface area contributed by atoms with Crippen molar-refractivity contribution in [3.05, 3.63) is 64.7 Å². The molecule has 4 heteroatoms. The van der Waals surface area contributed by atoms with E-state index in [1.165, 1.54) is 6.20 Å². The van der Waals surface area contributed by atoms with E-state index >= 15 is 0 Å². The van der Waals surface area contributed by atoms with Gasteiger partial charge in [0.1, 0.15) is 5.82 Å². The molecule has 3 nitrogen and oxygen atoms in total. The summed E-state index contributed by atoms with van der Waals surface area (Å²) in [5.41, 5.74) is 6.35. The van der Waals surface area contributed by atoms with Crippen molar-refractivity contribution in [2.45, 2.75) is 19.9 Å². The van der Waals surface area contributed by atoms with Crippen LogP contribution in [0.25, 0.3) is 0 Å². The molecular formula is C14H16FN3. The lowest BCUT2D eigenvalue weighted by molar-refractivity contribution is 0.555. The van der Waals surface area contributed by atoms with Crippen molar-refractivity contribution < 1.29 is 4.39 Å². The van der Waals surface area contributed by atoms with Gasteiger partial charge in [-0.15, -0.1) is 0 Å². The predicted molar refractivity (Wildman–Crippen MR) is 69.3 cm³/mol. The van der Waals surface area contributed by atoms with E-state index in [-0.39, 0.29) is 11.9 Å². The van der Waals surface area contributed by atoms with Gasteiger partial charge in [-0.25, -0.2) is 9.82 Å². The Kier molecular flexibility index (Phi) is 3.69. The average Bonchev–Trinajstić information content (AvgIpc) is 2.31. The zero-order valence-electron chi connectivity index (χ0n) is 10.4. The first-order chi connectivity index (χ1) is 8.61. The molecule has 0 saturated heterocycles. The predicted octanol–water partition coefficient (Wildman–Crippen LogP) is 2.39. The summed E-state index contributed by atoms with van der Waals surface area (Å²) in [7, 11) is 0. The Labute approximate surface area is 106 Å². The Morgan fingerprint density at radius 1 is 1.22 bits per heavy atom. The second-order valence-electron chi connectivity index (χ2n) is 4.42. The van der Waals surface area contributed by atoms with E-state index < -0.39 is 0 Å². The van der Waals surface area contributed by atoms with Crippen LogP contribution in [0.3, 0.4) is 0 Å². The number of halogens is 1. The highest BCUT2D eigenvalue weighted by atomic mass is 19.1. The Hall–Kier alpha value is -1.78. The number of hydrogen-bond donors (Lipinski definition) is 2. The van der Waals surface area contributed by atoms with Crippen molar-refractivity contribution in [3.8, 4) is 0 Å². The summed E-state index contributed by atoms with van der Waals surface area (Å²) in [6.07, 6.45) is 2.76. The average molecular weight is 245 g/mol. The van der Waals surface area contributed by atoms with Gasteiger partial charge < -0.3 is 0 Å². The van der Waals surface area contributed by atoms with E-state index in [1.807, 2.05) is 26.0 Å². The van der Waals surface area contributed by atoms with Crippen molar-refractivity contribution in [2.75, 3.05) is 0 Å². The largest absolute Gasteiger partial charge is 0.271 e. The van der Waals surface area contributed by atoms with Crippen LogP contribution in [0.2, 0.25) is 0 Å². The fourth-order valence-corrected chi connectivity index (χ4v) is 2.16. The van der Waals surface area contributed by atoms with Gasteiger partial charge in [-0.05, 0) is 25.5 Å². The number of nitrogens with one attached hydrogen (secondary N) is 1. The van der Waals surface area contributed by atoms with Gasteiger partial charge in [-0.2, -0.15) is 0 Å². The number of rotatable bonds is 3. The number of pyridine rings is 1. The second kappa shape index (κ2) is 5.25. The first kappa shape index (κ1) is 12.7. The summed E-state index contributed by atoms with van der Waals surface area (Å²) < 4.78 is 13.8. The van der Waals surface area contributed by atoms with Crippen LogP contribution in [0.1, 0.15) is 28.3 Å². The summed E-state index contributed by atoms with van der Waals surface area (Å²) in [5, 5.41) is 0. The van der Waals surface area contributed by atoms with Gasteiger partial charge in [0, 0.05) is 11.8 Å². The molecule has 2 rings (SSSR count). The van der Waals surface area contributed by atoms with Gasteiger partial charge in [0.25, 0.3) is 0 Å². The van der Waals surface area contributed by atoms with Crippen LogP contribution in [-0.2, 0) is 0 Å². The molecule has 0 aliphatic rings. The highest BCUT2D eigenvalue weighted by Crippen LogP contribution is 2.24. The third kappa shape index (κ3) is 2.55. The Bertz CT molecular complexity index is 534. The lowest BCUT2D eigenvalue weighted by Crippen LogP contribution is -2.29. The molecule has 94 valence electrons. The number of nitrogens with two attached hydrogens (primary N) is 1. The van der Waals surface area contributed by atoms with Crippen LogP contribution < -0.4 is 11.3 Å². The van der Waals surface area contributed by atoms with Crippen molar-refractivity contribution >= 4 is 0 Å². The van der Waals surface area contributed by atoms with Crippen LogP contribution in [0, 0.1) is 19.7 Å². The number of benzene rings is 1. The van der Waals surface area contributed by atoms with Gasteiger partial charge >= 0.3 is 0 Å². The molecule has 3 N–H and O–H groups in total. The van der Waals surface area contributed by atoms with E-state index in [4.69, 9.17) is 5.84 Å². The fourth-order valence-electron chi connectivity index (χ4n) is 2.16. The molecule has 0 amide bonds.